The van der Waals surface area contributed by atoms with Gasteiger partial charge in [0.25, 0.3) is 0 Å². The largest absolute Gasteiger partial charge is 0.328 e. The molecule has 0 fully saturated rings. The topological polar surface area (TPSA) is 63.4 Å². The van der Waals surface area contributed by atoms with Crippen molar-refractivity contribution in [3.8, 4) is 0 Å². The van der Waals surface area contributed by atoms with E-state index in [0.29, 0.717) is 12.1 Å². The molecular weight excluding hydrogens is 224 g/mol. The summed E-state index contributed by atoms with van der Waals surface area (Å²) in [6, 6.07) is 7.41. The molecule has 1 atom stereocenters. The monoisotopic (exact) mass is 242 g/mol. The fraction of sp³-hybridized carbons (Fsp3) is 0.455. The third kappa shape index (κ3) is 3.21. The first kappa shape index (κ1) is 13.0. The van der Waals surface area contributed by atoms with Gasteiger partial charge in [0, 0.05) is 13.1 Å². The Kier molecular flexibility index (Phi) is 3.93. The lowest BCUT2D eigenvalue weighted by molar-refractivity contribution is 0.600. The summed E-state index contributed by atoms with van der Waals surface area (Å²) in [5.74, 6) is 0. The predicted molar refractivity (Wildman–Crippen MR) is 67.0 cm³/mol. The van der Waals surface area contributed by atoms with Crippen LogP contribution in [0.25, 0.3) is 0 Å². The van der Waals surface area contributed by atoms with Crippen molar-refractivity contribution in [1.82, 2.24) is 0 Å². The Morgan fingerprint density at radius 3 is 2.44 bits per heavy atom. The second-order valence-corrected chi connectivity index (χ2v) is 6.05. The van der Waals surface area contributed by atoms with E-state index in [1.165, 1.54) is 10.6 Å². The lowest BCUT2D eigenvalue weighted by Crippen LogP contribution is -2.27. The van der Waals surface area contributed by atoms with Crippen molar-refractivity contribution in [3.05, 3.63) is 29.8 Å². The minimum absolute atomic E-state index is 0.00844. The Morgan fingerprint density at radius 1 is 1.38 bits per heavy atom. The molecule has 0 spiro atoms. The zero-order valence-electron chi connectivity index (χ0n) is 9.84. The Hall–Kier alpha value is -1.07. The van der Waals surface area contributed by atoms with E-state index in [1.54, 1.807) is 13.1 Å². The van der Waals surface area contributed by atoms with Crippen molar-refractivity contribution in [2.45, 2.75) is 19.4 Å². The molecule has 0 heterocycles. The molecule has 1 unspecified atom stereocenters. The third-order valence-electron chi connectivity index (χ3n) is 2.37. The van der Waals surface area contributed by atoms with Gasteiger partial charge in [0.2, 0.25) is 10.0 Å². The third-order valence-corrected chi connectivity index (χ3v) is 3.56. The first-order valence-corrected chi connectivity index (χ1v) is 6.94. The Morgan fingerprint density at radius 2 is 1.94 bits per heavy atom. The molecule has 0 aromatic heterocycles. The highest BCUT2D eigenvalue weighted by Gasteiger charge is 2.15. The number of nitrogens with zero attached hydrogens (tertiary/aromatic N) is 1. The second kappa shape index (κ2) is 4.84. The molecule has 0 amide bonds. The van der Waals surface area contributed by atoms with E-state index in [0.717, 1.165) is 5.56 Å². The maximum absolute atomic E-state index is 11.5. The smallest absolute Gasteiger partial charge is 0.232 e. The molecule has 5 heteroatoms. The number of hydrogen-bond donors (Lipinski definition) is 1. The van der Waals surface area contributed by atoms with Crippen LogP contribution in [0.2, 0.25) is 0 Å². The number of benzene rings is 1. The highest BCUT2D eigenvalue weighted by Crippen LogP contribution is 2.22. The zero-order valence-corrected chi connectivity index (χ0v) is 10.7. The van der Waals surface area contributed by atoms with Gasteiger partial charge >= 0.3 is 0 Å². The average Bonchev–Trinajstić information content (AvgIpc) is 2.15. The molecule has 2 N–H and O–H groups in total. The van der Waals surface area contributed by atoms with E-state index in [9.17, 15) is 8.42 Å². The first-order valence-electron chi connectivity index (χ1n) is 5.09. The van der Waals surface area contributed by atoms with Crippen molar-refractivity contribution >= 4 is 15.7 Å². The zero-order chi connectivity index (χ0) is 12.3. The average molecular weight is 242 g/mol. The van der Waals surface area contributed by atoms with Gasteiger partial charge in [-0.05, 0) is 25.0 Å². The van der Waals surface area contributed by atoms with Crippen LogP contribution < -0.4 is 10.0 Å². The summed E-state index contributed by atoms with van der Waals surface area (Å²) in [6.07, 6.45) is 1.85. The van der Waals surface area contributed by atoms with Gasteiger partial charge in [-0.15, -0.1) is 0 Å². The minimum atomic E-state index is -3.22. The molecular formula is C11H18N2O2S. The molecule has 1 rings (SSSR count). The molecule has 4 nitrogen and oxygen atoms in total. The lowest BCUT2D eigenvalue weighted by Gasteiger charge is -2.20. The normalized spacial score (nSPS) is 13.5. The molecule has 0 radical (unpaired) electrons. The van der Waals surface area contributed by atoms with Crippen molar-refractivity contribution in [2.75, 3.05) is 17.6 Å². The van der Waals surface area contributed by atoms with Gasteiger partial charge in [0.05, 0.1) is 11.9 Å². The number of rotatable bonds is 4. The predicted octanol–water partition coefficient (Wildman–Crippen LogP) is 0.972. The fourth-order valence-corrected chi connectivity index (χ4v) is 2.05. The fourth-order valence-electron chi connectivity index (χ4n) is 1.52. The Bertz CT molecular complexity index is 455. The molecule has 0 saturated heterocycles. The molecule has 90 valence electrons. The quantitative estimate of drug-likeness (QED) is 0.855. The van der Waals surface area contributed by atoms with E-state index in [1.807, 2.05) is 25.1 Å². The highest BCUT2D eigenvalue weighted by molar-refractivity contribution is 7.92. The van der Waals surface area contributed by atoms with E-state index >= 15 is 0 Å². The van der Waals surface area contributed by atoms with Gasteiger partial charge in [-0.25, -0.2) is 8.42 Å². The van der Waals surface area contributed by atoms with Crippen LogP contribution in [0, 0.1) is 0 Å². The minimum Gasteiger partial charge on any atom is -0.328 e. The summed E-state index contributed by atoms with van der Waals surface area (Å²) in [5, 5.41) is 0. The summed E-state index contributed by atoms with van der Waals surface area (Å²) < 4.78 is 24.2. The SMILES string of the molecule is CC(N)Cc1ccccc1N(C)S(C)(=O)=O. The molecule has 0 aliphatic rings. The van der Waals surface area contributed by atoms with Crippen LogP contribution in [0.5, 0.6) is 0 Å². The van der Waals surface area contributed by atoms with Crippen LogP contribution in [0.3, 0.4) is 0 Å². The summed E-state index contributed by atoms with van der Waals surface area (Å²) in [5.41, 5.74) is 7.38. The maximum Gasteiger partial charge on any atom is 0.232 e. The van der Waals surface area contributed by atoms with Crippen molar-refractivity contribution in [3.63, 3.8) is 0 Å². The van der Waals surface area contributed by atoms with Gasteiger partial charge in [0.1, 0.15) is 0 Å². The first-order chi connectivity index (χ1) is 7.32. The summed E-state index contributed by atoms with van der Waals surface area (Å²) >= 11 is 0. The number of nitrogens with two attached hydrogens (primary N) is 1. The van der Waals surface area contributed by atoms with Crippen molar-refractivity contribution < 1.29 is 8.42 Å². The van der Waals surface area contributed by atoms with Crippen LogP contribution in [-0.4, -0.2) is 27.8 Å². The molecule has 0 aliphatic heterocycles. The van der Waals surface area contributed by atoms with E-state index in [-0.39, 0.29) is 6.04 Å². The Balaban J connectivity index is 3.13. The number of sulfonamides is 1. The van der Waals surface area contributed by atoms with Crippen LogP contribution in [0.4, 0.5) is 5.69 Å². The van der Waals surface area contributed by atoms with Gasteiger partial charge in [-0.2, -0.15) is 0 Å². The van der Waals surface area contributed by atoms with Crippen molar-refractivity contribution in [1.29, 1.82) is 0 Å². The van der Waals surface area contributed by atoms with E-state index < -0.39 is 10.0 Å². The van der Waals surface area contributed by atoms with E-state index in [2.05, 4.69) is 0 Å². The summed E-state index contributed by atoms with van der Waals surface area (Å²) in [4.78, 5) is 0. The molecule has 1 aromatic carbocycles. The van der Waals surface area contributed by atoms with Gasteiger partial charge in [-0.1, -0.05) is 18.2 Å². The van der Waals surface area contributed by atoms with Gasteiger partial charge in [-0.3, -0.25) is 4.31 Å². The van der Waals surface area contributed by atoms with Crippen LogP contribution in [0.15, 0.2) is 24.3 Å². The molecule has 1 aromatic rings. The van der Waals surface area contributed by atoms with Crippen LogP contribution in [0.1, 0.15) is 12.5 Å². The highest BCUT2D eigenvalue weighted by atomic mass is 32.2. The summed E-state index contributed by atoms with van der Waals surface area (Å²) in [7, 11) is -1.67. The van der Waals surface area contributed by atoms with Crippen LogP contribution in [-0.2, 0) is 16.4 Å². The molecule has 16 heavy (non-hydrogen) atoms. The maximum atomic E-state index is 11.5. The van der Waals surface area contributed by atoms with Gasteiger partial charge in [0.15, 0.2) is 0 Å². The lowest BCUT2D eigenvalue weighted by atomic mass is 10.1. The second-order valence-electron chi connectivity index (χ2n) is 4.04. The molecule has 0 aliphatic carbocycles. The Labute approximate surface area is 97.1 Å². The van der Waals surface area contributed by atoms with E-state index in [4.69, 9.17) is 5.73 Å². The molecule has 0 saturated carbocycles. The van der Waals surface area contributed by atoms with Crippen LogP contribution >= 0.6 is 0 Å². The standard InChI is InChI=1S/C11H18N2O2S/c1-9(12)8-10-6-4-5-7-11(10)13(2)16(3,14)15/h4-7,9H,8,12H2,1-3H3. The van der Waals surface area contributed by atoms with Gasteiger partial charge < -0.3 is 5.73 Å². The number of hydrogen-bond acceptors (Lipinski definition) is 3. The number of anilines is 1. The van der Waals surface area contributed by atoms with Crippen molar-refractivity contribution in [2.24, 2.45) is 5.73 Å². The number of para-hydroxylation sites is 1. The summed E-state index contributed by atoms with van der Waals surface area (Å²) in [6.45, 7) is 1.90. The molecule has 0 bridgehead atoms.